The number of aliphatic hydroxyl groups is 1. The Bertz CT molecular complexity index is 429. The van der Waals surface area contributed by atoms with Gasteiger partial charge >= 0.3 is 0 Å². The number of hydrogen-bond acceptors (Lipinski definition) is 4. The lowest BCUT2D eigenvalue weighted by Gasteiger charge is -2.22. The van der Waals surface area contributed by atoms with Crippen molar-refractivity contribution in [3.63, 3.8) is 0 Å². The predicted molar refractivity (Wildman–Crippen MR) is 58.8 cm³/mol. The molecule has 0 aromatic carbocycles. The van der Waals surface area contributed by atoms with E-state index in [0.29, 0.717) is 24.3 Å². The fourth-order valence-corrected chi connectivity index (χ4v) is 2.18. The number of methoxy groups -OCH3 is 1. The Labute approximate surface area is 94.3 Å². The standard InChI is InChI=1S/C12H15NO3/c1-7-3-11(16-2)13-9-4-8(6-14)5-10(15)12(7)9/h3,8,14H,4-6H2,1-2H3. The number of aromatic nitrogens is 1. The van der Waals surface area contributed by atoms with Gasteiger partial charge in [0.1, 0.15) is 0 Å². The molecule has 86 valence electrons. The number of carbonyl (C=O) groups excluding carboxylic acids is 1. The van der Waals surface area contributed by atoms with E-state index in [1.54, 1.807) is 13.2 Å². The van der Waals surface area contributed by atoms with Gasteiger partial charge < -0.3 is 9.84 Å². The van der Waals surface area contributed by atoms with Gasteiger partial charge in [-0.15, -0.1) is 0 Å². The van der Waals surface area contributed by atoms with Crippen LogP contribution < -0.4 is 4.74 Å². The van der Waals surface area contributed by atoms with Crippen LogP contribution in [0, 0.1) is 12.8 Å². The van der Waals surface area contributed by atoms with Crippen LogP contribution in [-0.2, 0) is 6.42 Å². The summed E-state index contributed by atoms with van der Waals surface area (Å²) in [5.74, 6) is 0.606. The number of Topliss-reactive ketones (excluding diaryl/α,β-unsaturated/α-hetero) is 1. The Morgan fingerprint density at radius 3 is 2.94 bits per heavy atom. The number of ketones is 1. The molecule has 0 spiro atoms. The molecule has 0 bridgehead atoms. The van der Waals surface area contributed by atoms with Crippen molar-refractivity contribution in [1.82, 2.24) is 4.98 Å². The molecule has 1 N–H and O–H groups in total. The summed E-state index contributed by atoms with van der Waals surface area (Å²) in [5.41, 5.74) is 2.38. The first-order valence-corrected chi connectivity index (χ1v) is 5.34. The molecular weight excluding hydrogens is 206 g/mol. The highest BCUT2D eigenvalue weighted by molar-refractivity contribution is 5.99. The Morgan fingerprint density at radius 1 is 1.56 bits per heavy atom. The minimum absolute atomic E-state index is 0.000920. The first kappa shape index (κ1) is 11.1. The van der Waals surface area contributed by atoms with Crippen LogP contribution >= 0.6 is 0 Å². The van der Waals surface area contributed by atoms with E-state index >= 15 is 0 Å². The van der Waals surface area contributed by atoms with Crippen molar-refractivity contribution >= 4 is 5.78 Å². The molecule has 0 fully saturated rings. The Kier molecular flexibility index (Phi) is 2.92. The molecule has 4 heteroatoms. The zero-order valence-corrected chi connectivity index (χ0v) is 9.49. The second-order valence-electron chi connectivity index (χ2n) is 4.18. The number of rotatable bonds is 2. The Balaban J connectivity index is 2.47. The highest BCUT2D eigenvalue weighted by atomic mass is 16.5. The molecule has 0 saturated carbocycles. The van der Waals surface area contributed by atoms with Gasteiger partial charge in [-0.25, -0.2) is 4.98 Å². The number of ether oxygens (including phenoxy) is 1. The minimum Gasteiger partial charge on any atom is -0.481 e. The minimum atomic E-state index is -0.000920. The molecule has 1 heterocycles. The molecule has 0 saturated heterocycles. The molecule has 1 aromatic heterocycles. The van der Waals surface area contributed by atoms with E-state index in [-0.39, 0.29) is 18.3 Å². The van der Waals surface area contributed by atoms with Crippen LogP contribution in [-0.4, -0.2) is 29.6 Å². The molecule has 1 aliphatic rings. The van der Waals surface area contributed by atoms with Gasteiger partial charge in [-0.3, -0.25) is 4.79 Å². The topological polar surface area (TPSA) is 59.4 Å². The fourth-order valence-electron chi connectivity index (χ4n) is 2.18. The van der Waals surface area contributed by atoms with Crippen LogP contribution in [0.2, 0.25) is 0 Å². The van der Waals surface area contributed by atoms with Crippen molar-refractivity contribution in [2.24, 2.45) is 5.92 Å². The lowest BCUT2D eigenvalue weighted by molar-refractivity contribution is 0.0916. The second kappa shape index (κ2) is 4.22. The number of fused-ring (bicyclic) bond motifs is 1. The SMILES string of the molecule is COc1cc(C)c2c(n1)CC(CO)CC2=O. The van der Waals surface area contributed by atoms with Crippen LogP contribution in [0.15, 0.2) is 6.07 Å². The highest BCUT2D eigenvalue weighted by Gasteiger charge is 2.27. The summed E-state index contributed by atoms with van der Waals surface area (Å²) in [4.78, 5) is 16.2. The van der Waals surface area contributed by atoms with Crippen LogP contribution in [0.1, 0.15) is 28.0 Å². The van der Waals surface area contributed by atoms with Crippen LogP contribution in [0.5, 0.6) is 5.88 Å². The normalized spacial score (nSPS) is 19.4. The zero-order valence-electron chi connectivity index (χ0n) is 9.49. The molecule has 0 amide bonds. The smallest absolute Gasteiger partial charge is 0.213 e. The largest absolute Gasteiger partial charge is 0.481 e. The van der Waals surface area contributed by atoms with Gasteiger partial charge in [0.05, 0.1) is 12.8 Å². The van der Waals surface area contributed by atoms with E-state index < -0.39 is 0 Å². The molecule has 1 aromatic rings. The molecule has 0 aliphatic heterocycles. The van der Waals surface area contributed by atoms with Crippen molar-refractivity contribution in [1.29, 1.82) is 0 Å². The maximum atomic E-state index is 11.9. The van der Waals surface area contributed by atoms with Gasteiger partial charge in [0, 0.05) is 24.7 Å². The van der Waals surface area contributed by atoms with E-state index in [0.717, 1.165) is 11.3 Å². The van der Waals surface area contributed by atoms with Gasteiger partial charge in [-0.2, -0.15) is 0 Å². The predicted octanol–water partition coefficient (Wildman–Crippen LogP) is 1.14. The highest BCUT2D eigenvalue weighted by Crippen LogP contribution is 2.28. The molecule has 1 atom stereocenters. The molecule has 1 aliphatic carbocycles. The zero-order chi connectivity index (χ0) is 11.7. The van der Waals surface area contributed by atoms with Gasteiger partial charge in [0.15, 0.2) is 5.78 Å². The monoisotopic (exact) mass is 221 g/mol. The Morgan fingerprint density at radius 2 is 2.31 bits per heavy atom. The van der Waals surface area contributed by atoms with Crippen LogP contribution in [0.4, 0.5) is 0 Å². The summed E-state index contributed by atoms with van der Waals surface area (Å²) in [7, 11) is 1.56. The van der Waals surface area contributed by atoms with Crippen LogP contribution in [0.25, 0.3) is 0 Å². The van der Waals surface area contributed by atoms with Crippen molar-refractivity contribution in [2.75, 3.05) is 13.7 Å². The van der Waals surface area contributed by atoms with Crippen molar-refractivity contribution in [3.8, 4) is 5.88 Å². The number of nitrogens with zero attached hydrogens (tertiary/aromatic N) is 1. The Hall–Kier alpha value is -1.42. The van der Waals surface area contributed by atoms with Gasteiger partial charge in [-0.1, -0.05) is 0 Å². The maximum Gasteiger partial charge on any atom is 0.213 e. The summed E-state index contributed by atoms with van der Waals surface area (Å²) < 4.78 is 5.08. The quantitative estimate of drug-likeness (QED) is 0.813. The van der Waals surface area contributed by atoms with E-state index in [1.165, 1.54) is 0 Å². The third-order valence-corrected chi connectivity index (χ3v) is 2.97. The average Bonchev–Trinajstić information content (AvgIpc) is 2.27. The third kappa shape index (κ3) is 1.80. The lowest BCUT2D eigenvalue weighted by Crippen LogP contribution is -2.24. The summed E-state index contributed by atoms with van der Waals surface area (Å²) in [5, 5.41) is 9.12. The molecule has 1 unspecified atom stereocenters. The number of aliphatic hydroxyl groups excluding tert-OH is 1. The second-order valence-corrected chi connectivity index (χ2v) is 4.18. The summed E-state index contributed by atoms with van der Waals surface area (Å²) in [6, 6.07) is 1.77. The van der Waals surface area contributed by atoms with Gasteiger partial charge in [0.2, 0.25) is 5.88 Å². The molecule has 4 nitrogen and oxygen atoms in total. The maximum absolute atomic E-state index is 11.9. The first-order valence-electron chi connectivity index (χ1n) is 5.34. The molecule has 16 heavy (non-hydrogen) atoms. The molecule has 0 radical (unpaired) electrons. The van der Waals surface area contributed by atoms with E-state index in [2.05, 4.69) is 4.98 Å². The number of pyridine rings is 1. The van der Waals surface area contributed by atoms with Gasteiger partial charge in [-0.05, 0) is 24.8 Å². The van der Waals surface area contributed by atoms with Crippen molar-refractivity contribution in [3.05, 3.63) is 22.9 Å². The lowest BCUT2D eigenvalue weighted by atomic mass is 9.84. The van der Waals surface area contributed by atoms with E-state index in [9.17, 15) is 4.79 Å². The summed E-state index contributed by atoms with van der Waals surface area (Å²) >= 11 is 0. The number of aryl methyl sites for hydroxylation is 1. The first-order chi connectivity index (χ1) is 7.65. The summed E-state index contributed by atoms with van der Waals surface area (Å²) in [6.45, 7) is 1.92. The number of hydrogen-bond donors (Lipinski definition) is 1. The van der Waals surface area contributed by atoms with E-state index in [1.807, 2.05) is 6.92 Å². The number of carbonyl (C=O) groups is 1. The average molecular weight is 221 g/mol. The summed E-state index contributed by atoms with van der Waals surface area (Å²) in [6.07, 6.45) is 1.06. The van der Waals surface area contributed by atoms with Gasteiger partial charge in [0.25, 0.3) is 0 Å². The van der Waals surface area contributed by atoms with E-state index in [4.69, 9.17) is 9.84 Å². The molecule has 2 rings (SSSR count). The van der Waals surface area contributed by atoms with Crippen molar-refractivity contribution < 1.29 is 14.6 Å². The third-order valence-electron chi connectivity index (χ3n) is 2.97. The van der Waals surface area contributed by atoms with Crippen LogP contribution in [0.3, 0.4) is 0 Å². The molecular formula is C12H15NO3. The van der Waals surface area contributed by atoms with Crippen molar-refractivity contribution in [2.45, 2.75) is 19.8 Å². The fraction of sp³-hybridized carbons (Fsp3) is 0.500.